The van der Waals surface area contributed by atoms with Gasteiger partial charge in [0.15, 0.2) is 0 Å². The van der Waals surface area contributed by atoms with Gasteiger partial charge in [-0.05, 0) is 37.6 Å². The molecule has 1 unspecified atom stereocenters. The summed E-state index contributed by atoms with van der Waals surface area (Å²) in [6.45, 7) is 4.28. The SMILES string of the molecule is COc1ccc(OC)c(NC(=O)C2=C(C)Nc3ncnn3C2c2ccccc2OCc2ccc(C)cc2)c1. The van der Waals surface area contributed by atoms with E-state index >= 15 is 0 Å². The third-order valence-electron chi connectivity index (χ3n) is 6.42. The van der Waals surface area contributed by atoms with Crippen LogP contribution in [0.25, 0.3) is 0 Å². The molecule has 2 N–H and O–H groups in total. The molecule has 4 aromatic rings. The van der Waals surface area contributed by atoms with Crippen molar-refractivity contribution in [2.75, 3.05) is 24.9 Å². The number of nitrogens with zero attached hydrogens (tertiary/aromatic N) is 3. The van der Waals surface area contributed by atoms with Gasteiger partial charge in [-0.2, -0.15) is 10.1 Å². The third-order valence-corrected chi connectivity index (χ3v) is 6.42. The summed E-state index contributed by atoms with van der Waals surface area (Å²) in [5.41, 5.74) is 4.64. The normalized spacial score (nSPS) is 14.4. The van der Waals surface area contributed by atoms with Crippen LogP contribution < -0.4 is 24.8 Å². The molecule has 0 spiro atoms. The molecule has 9 heteroatoms. The molecule has 0 aliphatic carbocycles. The molecule has 9 nitrogen and oxygen atoms in total. The van der Waals surface area contributed by atoms with Crippen LogP contribution in [0.2, 0.25) is 0 Å². The largest absolute Gasteiger partial charge is 0.497 e. The minimum atomic E-state index is -0.584. The Bertz CT molecular complexity index is 1490. The van der Waals surface area contributed by atoms with E-state index in [0.717, 1.165) is 11.1 Å². The highest BCUT2D eigenvalue weighted by atomic mass is 16.5. The number of carbonyl (C=O) groups is 1. The summed E-state index contributed by atoms with van der Waals surface area (Å²) < 4.78 is 18.8. The minimum absolute atomic E-state index is 0.318. The van der Waals surface area contributed by atoms with Gasteiger partial charge < -0.3 is 24.8 Å². The maximum absolute atomic E-state index is 13.9. The Morgan fingerprint density at radius 3 is 2.55 bits per heavy atom. The van der Waals surface area contributed by atoms with E-state index in [0.29, 0.717) is 46.8 Å². The molecule has 2 heterocycles. The fourth-order valence-corrected chi connectivity index (χ4v) is 4.46. The van der Waals surface area contributed by atoms with Gasteiger partial charge in [0.05, 0.1) is 25.5 Å². The predicted molar refractivity (Wildman–Crippen MR) is 145 cm³/mol. The zero-order chi connectivity index (χ0) is 26.6. The first-order chi connectivity index (χ1) is 18.5. The second-order valence-corrected chi connectivity index (χ2v) is 8.93. The van der Waals surface area contributed by atoms with Gasteiger partial charge in [-0.15, -0.1) is 0 Å². The number of methoxy groups -OCH3 is 2. The van der Waals surface area contributed by atoms with Crippen molar-refractivity contribution in [1.29, 1.82) is 0 Å². The maximum atomic E-state index is 13.9. The lowest BCUT2D eigenvalue weighted by Crippen LogP contribution is -2.31. The van der Waals surface area contributed by atoms with Crippen molar-refractivity contribution >= 4 is 17.5 Å². The van der Waals surface area contributed by atoms with E-state index in [9.17, 15) is 4.79 Å². The molecule has 194 valence electrons. The number of aromatic nitrogens is 3. The molecule has 1 amide bonds. The summed E-state index contributed by atoms with van der Waals surface area (Å²) in [6, 6.07) is 20.5. The average molecular weight is 512 g/mol. The van der Waals surface area contributed by atoms with E-state index in [1.165, 1.54) is 11.9 Å². The Labute approximate surface area is 221 Å². The molecule has 1 aromatic heterocycles. The number of carbonyl (C=O) groups excluding carboxylic acids is 1. The number of para-hydroxylation sites is 1. The van der Waals surface area contributed by atoms with Crippen LogP contribution in [0.15, 0.2) is 84.3 Å². The van der Waals surface area contributed by atoms with Gasteiger partial charge in [-0.1, -0.05) is 48.0 Å². The number of benzene rings is 3. The number of aryl methyl sites for hydroxylation is 1. The second kappa shape index (κ2) is 10.7. The molecule has 0 radical (unpaired) electrons. The smallest absolute Gasteiger partial charge is 0.255 e. The van der Waals surface area contributed by atoms with Gasteiger partial charge in [-0.25, -0.2) is 4.68 Å². The van der Waals surface area contributed by atoms with Crippen molar-refractivity contribution in [3.8, 4) is 17.2 Å². The van der Waals surface area contributed by atoms with Crippen molar-refractivity contribution in [3.05, 3.63) is 101 Å². The van der Waals surface area contributed by atoms with Crippen LogP contribution in [0.3, 0.4) is 0 Å². The van der Waals surface area contributed by atoms with Gasteiger partial charge in [0.2, 0.25) is 5.95 Å². The lowest BCUT2D eigenvalue weighted by Gasteiger charge is -2.30. The molecule has 5 rings (SSSR count). The van der Waals surface area contributed by atoms with Crippen LogP contribution in [0, 0.1) is 6.92 Å². The fraction of sp³-hybridized carbons (Fsp3) is 0.207. The molecular formula is C29H29N5O4. The lowest BCUT2D eigenvalue weighted by molar-refractivity contribution is -0.113. The summed E-state index contributed by atoms with van der Waals surface area (Å²) in [6.07, 6.45) is 1.46. The molecular weight excluding hydrogens is 482 g/mol. The van der Waals surface area contributed by atoms with Crippen LogP contribution in [-0.2, 0) is 11.4 Å². The average Bonchev–Trinajstić information content (AvgIpc) is 3.40. The minimum Gasteiger partial charge on any atom is -0.497 e. The third kappa shape index (κ3) is 4.90. The summed E-state index contributed by atoms with van der Waals surface area (Å²) in [5, 5.41) is 10.6. The van der Waals surface area contributed by atoms with Crippen molar-refractivity contribution in [2.24, 2.45) is 0 Å². The van der Waals surface area contributed by atoms with E-state index in [4.69, 9.17) is 14.2 Å². The predicted octanol–water partition coefficient (Wildman–Crippen LogP) is 5.11. The van der Waals surface area contributed by atoms with Gasteiger partial charge >= 0.3 is 0 Å². The number of ether oxygens (including phenoxy) is 3. The summed E-state index contributed by atoms with van der Waals surface area (Å²) in [7, 11) is 3.12. The van der Waals surface area contributed by atoms with E-state index in [-0.39, 0.29) is 5.91 Å². The zero-order valence-electron chi connectivity index (χ0n) is 21.7. The van der Waals surface area contributed by atoms with Gasteiger partial charge in [0.25, 0.3) is 5.91 Å². The number of amides is 1. The standard InChI is InChI=1S/C29H29N5O4/c1-18-9-11-20(12-10-18)16-38-24-8-6-5-7-22(24)27-26(19(2)32-29-30-17-31-34(27)29)28(35)33-23-15-21(36-3)13-14-25(23)37-4/h5-15,17,27H,16H2,1-4H3,(H,33,35)(H,30,31,32). The number of allylic oxidation sites excluding steroid dienone is 1. The second-order valence-electron chi connectivity index (χ2n) is 8.93. The summed E-state index contributed by atoms with van der Waals surface area (Å²) in [4.78, 5) is 18.2. The first-order valence-corrected chi connectivity index (χ1v) is 12.2. The molecule has 38 heavy (non-hydrogen) atoms. The number of nitrogens with one attached hydrogen (secondary N) is 2. The fourth-order valence-electron chi connectivity index (χ4n) is 4.46. The van der Waals surface area contributed by atoms with Gasteiger partial charge in [0, 0.05) is 17.3 Å². The van der Waals surface area contributed by atoms with Crippen LogP contribution >= 0.6 is 0 Å². The highest BCUT2D eigenvalue weighted by molar-refractivity contribution is 6.06. The van der Waals surface area contributed by atoms with E-state index in [2.05, 4.69) is 39.8 Å². The molecule has 0 bridgehead atoms. The van der Waals surface area contributed by atoms with Crippen molar-refractivity contribution in [1.82, 2.24) is 14.8 Å². The molecule has 1 aliphatic heterocycles. The molecule has 0 saturated heterocycles. The monoisotopic (exact) mass is 511 g/mol. The van der Waals surface area contributed by atoms with E-state index in [1.807, 2.05) is 43.3 Å². The quantitative estimate of drug-likeness (QED) is 0.339. The lowest BCUT2D eigenvalue weighted by atomic mass is 9.94. The molecule has 1 aliphatic rings. The Morgan fingerprint density at radius 1 is 1.00 bits per heavy atom. The van der Waals surface area contributed by atoms with Crippen LogP contribution in [0.1, 0.15) is 29.7 Å². The van der Waals surface area contributed by atoms with Crippen molar-refractivity contribution in [2.45, 2.75) is 26.5 Å². The van der Waals surface area contributed by atoms with Crippen molar-refractivity contribution in [3.63, 3.8) is 0 Å². The maximum Gasteiger partial charge on any atom is 0.255 e. The Hall–Kier alpha value is -4.79. The van der Waals surface area contributed by atoms with E-state index < -0.39 is 6.04 Å². The highest BCUT2D eigenvalue weighted by Crippen LogP contribution is 2.40. The summed E-state index contributed by atoms with van der Waals surface area (Å²) >= 11 is 0. The van der Waals surface area contributed by atoms with Crippen molar-refractivity contribution < 1.29 is 19.0 Å². The highest BCUT2D eigenvalue weighted by Gasteiger charge is 2.35. The molecule has 3 aromatic carbocycles. The zero-order valence-corrected chi connectivity index (χ0v) is 21.7. The van der Waals surface area contributed by atoms with Crippen LogP contribution in [0.5, 0.6) is 17.2 Å². The summed E-state index contributed by atoms with van der Waals surface area (Å²) in [5.74, 6) is 1.98. The van der Waals surface area contributed by atoms with Crippen LogP contribution in [-0.4, -0.2) is 34.9 Å². The first kappa shape index (κ1) is 24.9. The van der Waals surface area contributed by atoms with Gasteiger partial charge in [-0.3, -0.25) is 4.79 Å². The van der Waals surface area contributed by atoms with E-state index in [1.54, 1.807) is 37.1 Å². The van der Waals surface area contributed by atoms with Crippen LogP contribution in [0.4, 0.5) is 11.6 Å². The topological polar surface area (TPSA) is 99.5 Å². The first-order valence-electron chi connectivity index (χ1n) is 12.2. The molecule has 1 atom stereocenters. The Kier molecular flexibility index (Phi) is 6.99. The number of fused-ring (bicyclic) bond motifs is 1. The number of hydrogen-bond donors (Lipinski definition) is 2. The number of anilines is 2. The Morgan fingerprint density at radius 2 is 1.79 bits per heavy atom. The number of hydrogen-bond acceptors (Lipinski definition) is 7. The molecule has 0 saturated carbocycles. The Balaban J connectivity index is 1.52. The van der Waals surface area contributed by atoms with Gasteiger partial charge in [0.1, 0.15) is 36.2 Å². The number of rotatable bonds is 8. The molecule has 0 fully saturated rings.